The van der Waals surface area contributed by atoms with E-state index in [9.17, 15) is 4.79 Å². The van der Waals surface area contributed by atoms with E-state index in [2.05, 4.69) is 16.7 Å². The Kier molecular flexibility index (Phi) is 6.08. The van der Waals surface area contributed by atoms with Crippen LogP contribution in [0.25, 0.3) is 0 Å². The Bertz CT molecular complexity index is 482. The zero-order valence-corrected chi connectivity index (χ0v) is 12.4. The number of amides is 1. The molecule has 0 radical (unpaired) electrons. The molecule has 1 amide bonds. The lowest BCUT2D eigenvalue weighted by Gasteiger charge is -2.16. The van der Waals surface area contributed by atoms with Crippen molar-refractivity contribution in [1.29, 1.82) is 5.26 Å². The predicted molar refractivity (Wildman–Crippen MR) is 83.9 cm³/mol. The van der Waals surface area contributed by atoms with Crippen LogP contribution in [0, 0.1) is 11.3 Å². The highest BCUT2D eigenvalue weighted by atomic mass is 16.1. The third kappa shape index (κ3) is 5.47. The number of hydrogen-bond acceptors (Lipinski definition) is 3. The molecular formula is C17H23N3O. The smallest absolute Gasteiger partial charge is 0.239 e. The van der Waals surface area contributed by atoms with E-state index in [0.29, 0.717) is 19.0 Å². The summed E-state index contributed by atoms with van der Waals surface area (Å²) in [5, 5.41) is 14.9. The maximum Gasteiger partial charge on any atom is 0.239 e. The van der Waals surface area contributed by atoms with Gasteiger partial charge in [-0.1, -0.05) is 37.8 Å². The maximum absolute atomic E-state index is 11.9. The van der Waals surface area contributed by atoms with Gasteiger partial charge in [-0.3, -0.25) is 4.79 Å². The first-order valence-corrected chi connectivity index (χ1v) is 7.77. The minimum absolute atomic E-state index is 0.0583. The zero-order chi connectivity index (χ0) is 14.9. The molecule has 0 unspecified atom stereocenters. The van der Waals surface area contributed by atoms with Crippen molar-refractivity contribution < 1.29 is 4.79 Å². The van der Waals surface area contributed by atoms with Crippen molar-refractivity contribution in [3.63, 3.8) is 0 Å². The van der Waals surface area contributed by atoms with Crippen molar-refractivity contribution in [3.8, 4) is 6.07 Å². The number of carbonyl (C=O) groups excluding carboxylic acids is 1. The number of carbonyl (C=O) groups is 1. The summed E-state index contributed by atoms with van der Waals surface area (Å²) in [5.74, 6) is 0.0583. The van der Waals surface area contributed by atoms with Crippen molar-refractivity contribution in [2.24, 2.45) is 0 Å². The zero-order valence-electron chi connectivity index (χ0n) is 12.4. The molecule has 21 heavy (non-hydrogen) atoms. The van der Waals surface area contributed by atoms with Gasteiger partial charge in [0.15, 0.2) is 0 Å². The maximum atomic E-state index is 11.9. The molecule has 2 rings (SSSR count). The second-order valence-electron chi connectivity index (χ2n) is 5.64. The van der Waals surface area contributed by atoms with E-state index in [1.165, 1.54) is 25.7 Å². The van der Waals surface area contributed by atoms with Gasteiger partial charge >= 0.3 is 0 Å². The number of nitriles is 1. The summed E-state index contributed by atoms with van der Waals surface area (Å²) in [6, 6.07) is 10.1. The molecule has 0 bridgehead atoms. The number of anilines is 1. The highest BCUT2D eigenvalue weighted by molar-refractivity contribution is 5.80. The molecule has 0 heterocycles. The Morgan fingerprint density at radius 1 is 1.14 bits per heavy atom. The topological polar surface area (TPSA) is 64.9 Å². The Morgan fingerprint density at radius 2 is 1.81 bits per heavy atom. The van der Waals surface area contributed by atoms with Gasteiger partial charge in [0.1, 0.15) is 0 Å². The molecule has 1 aliphatic carbocycles. The molecule has 1 saturated carbocycles. The van der Waals surface area contributed by atoms with Crippen LogP contribution in [0.2, 0.25) is 0 Å². The van der Waals surface area contributed by atoms with Crippen LogP contribution in [0.5, 0.6) is 0 Å². The Morgan fingerprint density at radius 3 is 2.43 bits per heavy atom. The summed E-state index contributed by atoms with van der Waals surface area (Å²) in [4.78, 5) is 11.9. The highest BCUT2D eigenvalue weighted by Gasteiger charge is 2.14. The minimum Gasteiger partial charge on any atom is -0.376 e. The molecule has 0 atom stereocenters. The number of nitrogens with zero attached hydrogens (tertiary/aromatic N) is 1. The fourth-order valence-corrected chi connectivity index (χ4v) is 2.72. The Hall–Kier alpha value is -2.02. The number of hydrogen-bond donors (Lipinski definition) is 2. The molecule has 1 aromatic carbocycles. The summed E-state index contributed by atoms with van der Waals surface area (Å²) in [5.41, 5.74) is 1.90. The van der Waals surface area contributed by atoms with Gasteiger partial charge in [-0.15, -0.1) is 0 Å². The molecule has 4 nitrogen and oxygen atoms in total. The van der Waals surface area contributed by atoms with E-state index in [-0.39, 0.29) is 5.91 Å². The average molecular weight is 285 g/mol. The quantitative estimate of drug-likeness (QED) is 0.817. The molecule has 0 saturated heterocycles. The minimum atomic E-state index is 0.0583. The van der Waals surface area contributed by atoms with Crippen LogP contribution in [0.3, 0.4) is 0 Å². The van der Waals surface area contributed by atoms with Crippen molar-refractivity contribution in [2.45, 2.75) is 51.0 Å². The first-order valence-electron chi connectivity index (χ1n) is 7.77. The van der Waals surface area contributed by atoms with Gasteiger partial charge in [-0.05, 0) is 30.5 Å². The molecule has 0 aromatic heterocycles. The van der Waals surface area contributed by atoms with Crippen LogP contribution >= 0.6 is 0 Å². The van der Waals surface area contributed by atoms with Crippen LogP contribution < -0.4 is 10.6 Å². The first kappa shape index (κ1) is 15.4. The van der Waals surface area contributed by atoms with Crippen molar-refractivity contribution in [3.05, 3.63) is 29.8 Å². The molecule has 1 aromatic rings. The van der Waals surface area contributed by atoms with Gasteiger partial charge in [0.25, 0.3) is 0 Å². The Labute approximate surface area is 126 Å². The number of benzene rings is 1. The molecule has 2 N–H and O–H groups in total. The normalized spacial score (nSPS) is 15.8. The van der Waals surface area contributed by atoms with Gasteiger partial charge in [0, 0.05) is 11.7 Å². The van der Waals surface area contributed by atoms with Crippen LogP contribution in [0.4, 0.5) is 5.69 Å². The molecule has 1 aliphatic rings. The van der Waals surface area contributed by atoms with E-state index >= 15 is 0 Å². The third-order valence-electron chi connectivity index (χ3n) is 3.91. The van der Waals surface area contributed by atoms with Crippen LogP contribution in [-0.4, -0.2) is 18.5 Å². The average Bonchev–Trinajstić information content (AvgIpc) is 2.75. The van der Waals surface area contributed by atoms with Crippen LogP contribution in [-0.2, 0) is 11.2 Å². The van der Waals surface area contributed by atoms with Gasteiger partial charge in [0.2, 0.25) is 5.91 Å². The summed E-state index contributed by atoms with van der Waals surface area (Å²) in [7, 11) is 0. The molecule has 4 heteroatoms. The van der Waals surface area contributed by atoms with Gasteiger partial charge < -0.3 is 10.6 Å². The lowest BCUT2D eigenvalue weighted by atomic mass is 10.1. The molecule has 112 valence electrons. The molecule has 0 aliphatic heterocycles. The molecule has 0 spiro atoms. The fourth-order valence-electron chi connectivity index (χ4n) is 2.72. The van der Waals surface area contributed by atoms with E-state index in [0.717, 1.165) is 24.1 Å². The van der Waals surface area contributed by atoms with E-state index in [1.54, 1.807) is 0 Å². The summed E-state index contributed by atoms with van der Waals surface area (Å²) < 4.78 is 0. The van der Waals surface area contributed by atoms with Crippen LogP contribution in [0.15, 0.2) is 24.3 Å². The second kappa shape index (κ2) is 8.31. The fraction of sp³-hybridized carbons (Fsp3) is 0.529. The van der Waals surface area contributed by atoms with Crippen molar-refractivity contribution in [1.82, 2.24) is 5.32 Å². The Balaban J connectivity index is 1.74. The number of rotatable bonds is 5. The summed E-state index contributed by atoms with van der Waals surface area (Å²) in [6.07, 6.45) is 7.66. The summed E-state index contributed by atoms with van der Waals surface area (Å²) in [6.45, 7) is 0.300. The van der Waals surface area contributed by atoms with Gasteiger partial charge in [-0.25, -0.2) is 0 Å². The summed E-state index contributed by atoms with van der Waals surface area (Å²) >= 11 is 0. The largest absolute Gasteiger partial charge is 0.376 e. The first-order chi connectivity index (χ1) is 10.3. The lowest BCUT2D eigenvalue weighted by molar-refractivity contribution is -0.120. The highest BCUT2D eigenvalue weighted by Crippen LogP contribution is 2.17. The molecule has 1 fully saturated rings. The lowest BCUT2D eigenvalue weighted by Crippen LogP contribution is -2.38. The van der Waals surface area contributed by atoms with Gasteiger partial charge in [-0.2, -0.15) is 5.26 Å². The van der Waals surface area contributed by atoms with E-state index < -0.39 is 0 Å². The van der Waals surface area contributed by atoms with E-state index in [4.69, 9.17) is 5.26 Å². The van der Waals surface area contributed by atoms with Crippen molar-refractivity contribution >= 4 is 11.6 Å². The molecular weight excluding hydrogens is 262 g/mol. The standard InChI is InChI=1S/C17H23N3O/c18-12-11-14-7-9-15(10-8-14)19-13-17(21)20-16-5-3-1-2-4-6-16/h7-10,16,19H,1-6,11,13H2,(H,20,21). The van der Waals surface area contributed by atoms with Crippen LogP contribution in [0.1, 0.15) is 44.1 Å². The number of nitrogens with one attached hydrogen (secondary N) is 2. The SMILES string of the molecule is N#CCc1ccc(NCC(=O)NC2CCCCCC2)cc1. The van der Waals surface area contributed by atoms with E-state index in [1.807, 2.05) is 24.3 Å². The van der Waals surface area contributed by atoms with Gasteiger partial charge in [0.05, 0.1) is 19.0 Å². The predicted octanol–water partition coefficient (Wildman–Crippen LogP) is 3.00. The monoisotopic (exact) mass is 285 g/mol. The van der Waals surface area contributed by atoms with Crippen molar-refractivity contribution in [2.75, 3.05) is 11.9 Å². The second-order valence-corrected chi connectivity index (χ2v) is 5.64. The third-order valence-corrected chi connectivity index (χ3v) is 3.91.